The van der Waals surface area contributed by atoms with Crippen LogP contribution in [0, 0.1) is 16.0 Å². The Balaban J connectivity index is 2.18. The Morgan fingerprint density at radius 3 is 2.82 bits per heavy atom. The molecule has 1 aromatic rings. The highest BCUT2D eigenvalue weighted by Gasteiger charge is 2.27. The maximum absolute atomic E-state index is 11.2. The van der Waals surface area contributed by atoms with Gasteiger partial charge in [0.15, 0.2) is 0 Å². The van der Waals surface area contributed by atoms with Gasteiger partial charge in [-0.15, -0.1) is 0 Å². The van der Waals surface area contributed by atoms with E-state index in [0.717, 1.165) is 18.5 Å². The molecule has 0 saturated carbocycles. The van der Waals surface area contributed by atoms with Gasteiger partial charge in [0.1, 0.15) is 5.75 Å². The van der Waals surface area contributed by atoms with Crippen LogP contribution in [0.3, 0.4) is 0 Å². The summed E-state index contributed by atoms with van der Waals surface area (Å²) in [6, 6.07) is 4.61. The number of hydrogen-bond acceptors (Lipinski definition) is 5. The summed E-state index contributed by atoms with van der Waals surface area (Å²) < 4.78 is 5.72. The molecule has 7 heteroatoms. The Morgan fingerprint density at radius 2 is 2.27 bits per heavy atom. The van der Waals surface area contributed by atoms with Crippen LogP contribution in [0.1, 0.15) is 25.8 Å². The van der Waals surface area contributed by atoms with E-state index in [1.54, 1.807) is 6.07 Å². The number of nitrogens with zero attached hydrogens (tertiary/aromatic N) is 2. The van der Waals surface area contributed by atoms with E-state index in [1.165, 1.54) is 12.1 Å². The van der Waals surface area contributed by atoms with Crippen molar-refractivity contribution in [3.05, 3.63) is 33.9 Å². The number of carbonyl (C=O) groups excluding carboxylic acids is 1. The first-order valence-corrected chi connectivity index (χ1v) is 7.32. The predicted molar refractivity (Wildman–Crippen MR) is 81.4 cm³/mol. The van der Waals surface area contributed by atoms with E-state index in [9.17, 15) is 14.9 Å². The van der Waals surface area contributed by atoms with Gasteiger partial charge in [-0.2, -0.15) is 0 Å². The molecule has 1 aromatic carbocycles. The monoisotopic (exact) mass is 307 g/mol. The van der Waals surface area contributed by atoms with Gasteiger partial charge in [-0.1, -0.05) is 0 Å². The molecule has 7 nitrogen and oxygen atoms in total. The van der Waals surface area contributed by atoms with Crippen molar-refractivity contribution < 1.29 is 14.5 Å². The van der Waals surface area contributed by atoms with Crippen LogP contribution in [0.25, 0.3) is 0 Å². The van der Waals surface area contributed by atoms with E-state index in [-0.39, 0.29) is 23.6 Å². The molecule has 1 aliphatic rings. The number of non-ortho nitro benzene ring substituents is 1. The number of likely N-dealkylation sites (tertiary alicyclic amines) is 1. The van der Waals surface area contributed by atoms with E-state index >= 15 is 0 Å². The number of carbonyl (C=O) groups is 1. The van der Waals surface area contributed by atoms with Gasteiger partial charge in [-0.05, 0) is 32.9 Å². The second kappa shape index (κ2) is 6.74. The quantitative estimate of drug-likeness (QED) is 0.637. The fraction of sp³-hybridized carbons (Fsp3) is 0.533. The summed E-state index contributed by atoms with van der Waals surface area (Å²) >= 11 is 0. The first-order valence-electron chi connectivity index (χ1n) is 7.32. The van der Waals surface area contributed by atoms with E-state index < -0.39 is 4.92 Å². The fourth-order valence-electron chi connectivity index (χ4n) is 2.62. The molecule has 22 heavy (non-hydrogen) atoms. The van der Waals surface area contributed by atoms with Crippen molar-refractivity contribution >= 4 is 11.6 Å². The zero-order valence-corrected chi connectivity index (χ0v) is 12.8. The Kier molecular flexibility index (Phi) is 4.97. The molecule has 2 N–H and O–H groups in total. The van der Waals surface area contributed by atoms with Crippen molar-refractivity contribution in [3.63, 3.8) is 0 Å². The van der Waals surface area contributed by atoms with Crippen molar-refractivity contribution in [2.75, 3.05) is 13.1 Å². The van der Waals surface area contributed by atoms with E-state index in [4.69, 9.17) is 10.5 Å². The average Bonchev–Trinajstić information content (AvgIpc) is 2.88. The normalized spacial score (nSPS) is 18.6. The predicted octanol–water partition coefficient (Wildman–Crippen LogP) is 1.69. The Morgan fingerprint density at radius 1 is 1.55 bits per heavy atom. The molecule has 0 spiro atoms. The fourth-order valence-corrected chi connectivity index (χ4v) is 2.62. The lowest BCUT2D eigenvalue weighted by Crippen LogP contribution is -2.27. The summed E-state index contributed by atoms with van der Waals surface area (Å²) in [6.45, 7) is 5.65. The Labute approximate surface area is 129 Å². The highest BCUT2D eigenvalue weighted by Crippen LogP contribution is 2.28. The van der Waals surface area contributed by atoms with Gasteiger partial charge >= 0.3 is 0 Å². The van der Waals surface area contributed by atoms with Crippen molar-refractivity contribution in [1.29, 1.82) is 0 Å². The van der Waals surface area contributed by atoms with Crippen molar-refractivity contribution in [1.82, 2.24) is 4.90 Å². The van der Waals surface area contributed by atoms with Crippen LogP contribution in [0.4, 0.5) is 5.69 Å². The van der Waals surface area contributed by atoms with Gasteiger partial charge in [0.2, 0.25) is 5.91 Å². The molecule has 1 aliphatic heterocycles. The number of ether oxygens (including phenoxy) is 1. The zero-order chi connectivity index (χ0) is 16.3. The molecule has 1 fully saturated rings. The summed E-state index contributed by atoms with van der Waals surface area (Å²) in [5.41, 5.74) is 6.13. The minimum atomic E-state index is -0.418. The van der Waals surface area contributed by atoms with Gasteiger partial charge in [0.05, 0.1) is 16.9 Å². The number of rotatable bonds is 6. The third kappa shape index (κ3) is 3.94. The van der Waals surface area contributed by atoms with Crippen LogP contribution in [0.15, 0.2) is 18.2 Å². The molecular weight excluding hydrogens is 286 g/mol. The van der Waals surface area contributed by atoms with Crippen molar-refractivity contribution in [3.8, 4) is 5.75 Å². The standard InChI is InChI=1S/C15H21N3O4/c1-10(2)22-14-4-3-13(18(20)21)7-12(14)9-17-6-5-11(8-17)15(16)19/h3-4,7,10-11H,5-6,8-9H2,1-2H3,(H2,16,19)/t11-/m0/s1. The smallest absolute Gasteiger partial charge is 0.270 e. The van der Waals surface area contributed by atoms with Gasteiger partial charge in [-0.3, -0.25) is 19.8 Å². The minimum Gasteiger partial charge on any atom is -0.491 e. The van der Waals surface area contributed by atoms with Gasteiger partial charge < -0.3 is 10.5 Å². The number of amides is 1. The van der Waals surface area contributed by atoms with Gasteiger partial charge in [-0.25, -0.2) is 0 Å². The second-order valence-electron chi connectivity index (χ2n) is 5.84. The summed E-state index contributed by atoms with van der Waals surface area (Å²) in [7, 11) is 0. The minimum absolute atomic E-state index is 0.0165. The summed E-state index contributed by atoms with van der Waals surface area (Å²) in [5.74, 6) is 0.205. The SMILES string of the molecule is CC(C)Oc1ccc([N+](=O)[O-])cc1CN1CC[C@H](C(N)=O)C1. The molecule has 0 unspecified atom stereocenters. The third-order valence-corrected chi connectivity index (χ3v) is 3.69. The maximum Gasteiger partial charge on any atom is 0.270 e. The number of hydrogen-bond donors (Lipinski definition) is 1. The first-order chi connectivity index (χ1) is 10.4. The van der Waals surface area contributed by atoms with E-state index in [1.807, 2.05) is 13.8 Å². The molecule has 0 aromatic heterocycles. The average molecular weight is 307 g/mol. The zero-order valence-electron chi connectivity index (χ0n) is 12.8. The Hall–Kier alpha value is -2.15. The second-order valence-corrected chi connectivity index (χ2v) is 5.84. The van der Waals surface area contributed by atoms with Crippen LogP contribution in [0.2, 0.25) is 0 Å². The number of primary amides is 1. The number of nitrogens with two attached hydrogens (primary N) is 1. The Bertz CT molecular complexity index is 574. The van der Waals surface area contributed by atoms with Crippen molar-refractivity contribution in [2.45, 2.75) is 32.9 Å². The molecule has 0 radical (unpaired) electrons. The highest BCUT2D eigenvalue weighted by molar-refractivity contribution is 5.77. The van der Waals surface area contributed by atoms with Gasteiger partial charge in [0.25, 0.3) is 5.69 Å². The highest BCUT2D eigenvalue weighted by atomic mass is 16.6. The maximum atomic E-state index is 11.2. The molecular formula is C15H21N3O4. The lowest BCUT2D eigenvalue weighted by Gasteiger charge is -2.19. The number of nitro groups is 1. The number of benzene rings is 1. The summed E-state index contributed by atoms with van der Waals surface area (Å²) in [5, 5.41) is 11.0. The molecule has 1 heterocycles. The van der Waals surface area contributed by atoms with Crippen LogP contribution in [-0.4, -0.2) is 34.9 Å². The summed E-state index contributed by atoms with van der Waals surface area (Å²) in [4.78, 5) is 23.8. The topological polar surface area (TPSA) is 98.7 Å². The molecule has 1 atom stereocenters. The van der Waals surface area contributed by atoms with E-state index in [2.05, 4.69) is 4.90 Å². The first kappa shape index (κ1) is 16.2. The van der Waals surface area contributed by atoms with Crippen LogP contribution in [-0.2, 0) is 11.3 Å². The molecule has 120 valence electrons. The molecule has 1 saturated heterocycles. The number of nitro benzene ring substituents is 1. The lowest BCUT2D eigenvalue weighted by molar-refractivity contribution is -0.385. The molecule has 1 amide bonds. The van der Waals surface area contributed by atoms with Crippen LogP contribution < -0.4 is 10.5 Å². The van der Waals surface area contributed by atoms with E-state index in [0.29, 0.717) is 18.8 Å². The largest absolute Gasteiger partial charge is 0.491 e. The van der Waals surface area contributed by atoms with Gasteiger partial charge in [0, 0.05) is 30.8 Å². The van der Waals surface area contributed by atoms with Crippen LogP contribution >= 0.6 is 0 Å². The molecule has 0 bridgehead atoms. The third-order valence-electron chi connectivity index (χ3n) is 3.69. The summed E-state index contributed by atoms with van der Waals surface area (Å²) in [6.07, 6.45) is 0.710. The molecule has 0 aliphatic carbocycles. The molecule has 2 rings (SSSR count). The van der Waals surface area contributed by atoms with Crippen LogP contribution in [0.5, 0.6) is 5.75 Å². The lowest BCUT2D eigenvalue weighted by atomic mass is 10.1. The van der Waals surface area contributed by atoms with Crippen molar-refractivity contribution in [2.24, 2.45) is 11.7 Å².